The normalized spacial score (nSPS) is 16.7. The molecule has 0 saturated carbocycles. The summed E-state index contributed by atoms with van der Waals surface area (Å²) in [5.74, 6) is -0.811. The molecule has 2 amide bonds. The number of amides is 2. The van der Waals surface area contributed by atoms with Crippen LogP contribution >= 0.6 is 23.4 Å². The number of hydrogen-bond acceptors (Lipinski definition) is 7. The van der Waals surface area contributed by atoms with Gasteiger partial charge in [0, 0.05) is 30.8 Å². The van der Waals surface area contributed by atoms with Crippen molar-refractivity contribution in [1.29, 1.82) is 0 Å². The Balaban J connectivity index is 1.77. The summed E-state index contributed by atoms with van der Waals surface area (Å²) in [4.78, 5) is 42.4. The largest absolute Gasteiger partial charge is 0.495 e. The number of nitrogens with zero attached hydrogens (tertiary/aromatic N) is 2. The van der Waals surface area contributed by atoms with Crippen LogP contribution in [0.3, 0.4) is 0 Å². The van der Waals surface area contributed by atoms with Crippen molar-refractivity contribution < 1.29 is 29.0 Å². The summed E-state index contributed by atoms with van der Waals surface area (Å²) in [7, 11) is 2.98. The van der Waals surface area contributed by atoms with E-state index in [1.165, 1.54) is 55.1 Å². The van der Waals surface area contributed by atoms with Crippen molar-refractivity contribution in [3.63, 3.8) is 0 Å². The van der Waals surface area contributed by atoms with E-state index in [0.29, 0.717) is 39.6 Å². The minimum Gasteiger partial charge on any atom is -0.495 e. The molecule has 2 N–H and O–H groups in total. The number of carboxylic acid groups (broad SMARTS) is 1. The molecule has 33 heavy (non-hydrogen) atoms. The molecule has 1 saturated heterocycles. The Morgan fingerprint density at radius 3 is 2.42 bits per heavy atom. The fourth-order valence-electron chi connectivity index (χ4n) is 3.13. The van der Waals surface area contributed by atoms with Gasteiger partial charge in [0.1, 0.15) is 22.4 Å². The average molecular weight is 492 g/mol. The number of halogens is 1. The molecular formula is C22H22ClN3O6S. The van der Waals surface area contributed by atoms with Crippen LogP contribution in [0.2, 0.25) is 5.02 Å². The molecular weight excluding hydrogens is 470 g/mol. The van der Waals surface area contributed by atoms with E-state index >= 15 is 0 Å². The first-order chi connectivity index (χ1) is 15.8. The van der Waals surface area contributed by atoms with Crippen LogP contribution in [0.5, 0.6) is 11.5 Å². The van der Waals surface area contributed by atoms with Gasteiger partial charge in [-0.15, -0.1) is 0 Å². The highest BCUT2D eigenvalue weighted by Crippen LogP contribution is 2.40. The van der Waals surface area contributed by atoms with Crippen molar-refractivity contribution >= 4 is 57.7 Å². The van der Waals surface area contributed by atoms with E-state index in [9.17, 15) is 14.4 Å². The molecule has 0 unspecified atom stereocenters. The first kappa shape index (κ1) is 24.4. The maximum absolute atomic E-state index is 12.9. The zero-order chi connectivity index (χ0) is 24.1. The predicted molar refractivity (Wildman–Crippen MR) is 127 cm³/mol. The molecule has 0 radical (unpaired) electrons. The number of aromatic carboxylic acids is 1. The highest BCUT2D eigenvalue weighted by atomic mass is 35.5. The molecule has 1 fully saturated rings. The molecule has 0 aromatic heterocycles. The lowest BCUT2D eigenvalue weighted by molar-refractivity contribution is -0.128. The van der Waals surface area contributed by atoms with Crippen molar-refractivity contribution in [1.82, 2.24) is 4.90 Å². The maximum Gasteiger partial charge on any atom is 0.335 e. The second-order valence-electron chi connectivity index (χ2n) is 6.88. The molecule has 0 spiro atoms. The van der Waals surface area contributed by atoms with Crippen LogP contribution in [0, 0.1) is 0 Å². The molecule has 0 bridgehead atoms. The van der Waals surface area contributed by atoms with Crippen LogP contribution < -0.4 is 14.8 Å². The van der Waals surface area contributed by atoms with Crippen molar-refractivity contribution in [3.8, 4) is 11.5 Å². The summed E-state index contributed by atoms with van der Waals surface area (Å²) in [5.41, 5.74) is 0.999. The zero-order valence-electron chi connectivity index (χ0n) is 18.1. The van der Waals surface area contributed by atoms with E-state index < -0.39 is 11.2 Å². The molecule has 3 rings (SSSR count). The number of aliphatic imine (C=N–C) groups is 1. The molecule has 1 heterocycles. The maximum atomic E-state index is 12.9. The van der Waals surface area contributed by atoms with Crippen LogP contribution in [0.25, 0.3) is 0 Å². The Hall–Kier alpha value is -3.24. The van der Waals surface area contributed by atoms with Gasteiger partial charge in [0.15, 0.2) is 5.17 Å². The number of benzene rings is 2. The van der Waals surface area contributed by atoms with Crippen molar-refractivity contribution in [2.24, 2.45) is 4.99 Å². The molecule has 9 nitrogen and oxygen atoms in total. The number of thioether (sulfide) groups is 1. The summed E-state index contributed by atoms with van der Waals surface area (Å²) >= 11 is 7.34. The number of amidine groups is 1. The lowest BCUT2D eigenvalue weighted by Gasteiger charge is -2.14. The SMILES string of the molecule is CCN1C(=O)[C@@H](CC(=O)Nc2ccc(C(=O)O)cc2)SC1=Nc1cc(OC)c(Cl)cc1OC. The lowest BCUT2D eigenvalue weighted by atomic mass is 10.2. The van der Waals surface area contributed by atoms with E-state index in [0.717, 1.165) is 0 Å². The summed E-state index contributed by atoms with van der Waals surface area (Å²) in [6.45, 7) is 2.20. The standard InChI is InChI=1S/C22H22ClN3O6S/c1-4-26-20(28)18(11-19(27)24-13-7-5-12(6-8-13)21(29)30)33-22(26)25-15-10-16(31-2)14(23)9-17(15)32-3/h5-10,18H,4,11H2,1-3H3,(H,24,27)(H,29,30)/t18-/m1/s1. The van der Waals surface area contributed by atoms with Gasteiger partial charge in [0.2, 0.25) is 11.8 Å². The van der Waals surface area contributed by atoms with Gasteiger partial charge in [-0.1, -0.05) is 23.4 Å². The zero-order valence-corrected chi connectivity index (χ0v) is 19.7. The number of rotatable bonds is 8. The van der Waals surface area contributed by atoms with Gasteiger partial charge < -0.3 is 19.9 Å². The van der Waals surface area contributed by atoms with Crippen LogP contribution in [-0.2, 0) is 9.59 Å². The first-order valence-corrected chi connectivity index (χ1v) is 11.1. The van der Waals surface area contributed by atoms with Gasteiger partial charge in [-0.2, -0.15) is 0 Å². The van der Waals surface area contributed by atoms with E-state index in [4.69, 9.17) is 26.2 Å². The summed E-state index contributed by atoms with van der Waals surface area (Å²) in [6.07, 6.45) is -0.0687. The number of anilines is 1. The van der Waals surface area contributed by atoms with Crippen LogP contribution in [0.1, 0.15) is 23.7 Å². The second-order valence-corrected chi connectivity index (χ2v) is 8.45. The quantitative estimate of drug-likeness (QED) is 0.572. The Bertz CT molecular complexity index is 1110. The predicted octanol–water partition coefficient (Wildman–Crippen LogP) is 4.04. The molecule has 11 heteroatoms. The molecule has 2 aromatic carbocycles. The Morgan fingerprint density at radius 2 is 1.85 bits per heavy atom. The highest BCUT2D eigenvalue weighted by molar-refractivity contribution is 8.15. The van der Waals surface area contributed by atoms with E-state index in [1.54, 1.807) is 12.1 Å². The fourth-order valence-corrected chi connectivity index (χ4v) is 4.57. The number of nitrogens with one attached hydrogen (secondary N) is 1. The minimum absolute atomic E-state index is 0.0687. The second kappa shape index (κ2) is 10.6. The third-order valence-electron chi connectivity index (χ3n) is 4.79. The van der Waals surface area contributed by atoms with Gasteiger partial charge in [-0.05, 0) is 31.2 Å². The van der Waals surface area contributed by atoms with Crippen LogP contribution in [0.15, 0.2) is 41.4 Å². The third kappa shape index (κ3) is 5.58. The smallest absolute Gasteiger partial charge is 0.335 e. The van der Waals surface area contributed by atoms with Crippen molar-refractivity contribution in [3.05, 3.63) is 47.0 Å². The number of hydrogen-bond donors (Lipinski definition) is 2. The number of methoxy groups -OCH3 is 2. The highest BCUT2D eigenvalue weighted by Gasteiger charge is 2.38. The summed E-state index contributed by atoms with van der Waals surface area (Å²) in [5, 5.41) is 11.8. The van der Waals surface area contributed by atoms with Gasteiger partial charge >= 0.3 is 5.97 Å². The van der Waals surface area contributed by atoms with Crippen LogP contribution in [-0.4, -0.2) is 59.0 Å². The van der Waals surface area contributed by atoms with E-state index in [-0.39, 0.29) is 23.8 Å². The number of carbonyl (C=O) groups is 3. The molecule has 1 aliphatic rings. The summed E-state index contributed by atoms with van der Waals surface area (Å²) < 4.78 is 10.6. The van der Waals surface area contributed by atoms with Gasteiger partial charge in [-0.3, -0.25) is 14.5 Å². The van der Waals surface area contributed by atoms with Crippen molar-refractivity contribution in [2.75, 3.05) is 26.1 Å². The Kier molecular flexibility index (Phi) is 7.83. The Morgan fingerprint density at radius 1 is 1.18 bits per heavy atom. The number of ether oxygens (including phenoxy) is 2. The van der Waals surface area contributed by atoms with Gasteiger partial charge in [0.25, 0.3) is 0 Å². The average Bonchev–Trinajstić information content (AvgIpc) is 3.08. The number of carbonyl (C=O) groups excluding carboxylic acids is 2. The fraction of sp³-hybridized carbons (Fsp3) is 0.273. The van der Waals surface area contributed by atoms with Crippen molar-refractivity contribution in [2.45, 2.75) is 18.6 Å². The topological polar surface area (TPSA) is 118 Å². The molecule has 174 valence electrons. The first-order valence-electron chi connectivity index (χ1n) is 9.88. The van der Waals surface area contributed by atoms with Gasteiger partial charge in [0.05, 0.1) is 24.8 Å². The van der Waals surface area contributed by atoms with Crippen LogP contribution in [0.4, 0.5) is 11.4 Å². The number of carboxylic acids is 1. The third-order valence-corrected chi connectivity index (χ3v) is 6.26. The monoisotopic (exact) mass is 491 g/mol. The summed E-state index contributed by atoms with van der Waals surface area (Å²) in [6, 6.07) is 8.98. The lowest BCUT2D eigenvalue weighted by Crippen LogP contribution is -2.33. The van der Waals surface area contributed by atoms with E-state index in [1.807, 2.05) is 6.92 Å². The van der Waals surface area contributed by atoms with E-state index in [2.05, 4.69) is 10.3 Å². The molecule has 2 aromatic rings. The molecule has 0 aliphatic carbocycles. The Labute approximate surface area is 199 Å². The molecule has 1 aliphatic heterocycles. The van der Waals surface area contributed by atoms with Gasteiger partial charge in [-0.25, -0.2) is 9.79 Å². The molecule has 1 atom stereocenters. The minimum atomic E-state index is -1.05.